The van der Waals surface area contributed by atoms with Crippen LogP contribution in [-0.2, 0) is 26.1 Å². The fraction of sp³-hybridized carbons (Fsp3) is 0.480. The van der Waals surface area contributed by atoms with E-state index in [1.54, 1.807) is 0 Å². The van der Waals surface area contributed by atoms with Gasteiger partial charge in [-0.3, -0.25) is 19.1 Å². The highest BCUT2D eigenvalue weighted by atomic mass is 32.1. The van der Waals surface area contributed by atoms with Crippen molar-refractivity contribution in [1.82, 2.24) is 19.8 Å². The van der Waals surface area contributed by atoms with Gasteiger partial charge in [0.2, 0.25) is 0 Å². The summed E-state index contributed by atoms with van der Waals surface area (Å²) in [5, 5.41) is 3.69. The summed E-state index contributed by atoms with van der Waals surface area (Å²) in [6.07, 6.45) is 4.01. The van der Waals surface area contributed by atoms with Crippen LogP contribution in [0.15, 0.2) is 29.1 Å². The number of nitrogens with one attached hydrogen (secondary N) is 1. The van der Waals surface area contributed by atoms with Crippen LogP contribution in [0.4, 0.5) is 0 Å². The summed E-state index contributed by atoms with van der Waals surface area (Å²) in [5.74, 6) is 0.723. The van der Waals surface area contributed by atoms with E-state index in [-0.39, 0.29) is 11.5 Å². The Bertz CT molecular complexity index is 1180. The van der Waals surface area contributed by atoms with E-state index in [9.17, 15) is 9.59 Å². The highest BCUT2D eigenvalue weighted by molar-refractivity contribution is 7.20. The molecule has 0 fully saturated rings. The van der Waals surface area contributed by atoms with Gasteiger partial charge in [0, 0.05) is 26.1 Å². The molecular formula is C25H32N4O2S. The van der Waals surface area contributed by atoms with Crippen LogP contribution in [0, 0.1) is 6.92 Å². The maximum absolute atomic E-state index is 13.2. The van der Waals surface area contributed by atoms with Crippen LogP contribution in [-0.4, -0.2) is 33.4 Å². The average Bonchev–Trinajstić information content (AvgIpc) is 2.97. The Kier molecular flexibility index (Phi) is 7.06. The van der Waals surface area contributed by atoms with Gasteiger partial charge in [-0.05, 0) is 49.5 Å². The maximum atomic E-state index is 13.2. The van der Waals surface area contributed by atoms with Crippen molar-refractivity contribution in [2.24, 2.45) is 0 Å². The Labute approximate surface area is 193 Å². The predicted octanol–water partition coefficient (Wildman–Crippen LogP) is 4.26. The second-order valence-corrected chi connectivity index (χ2v) is 9.44. The molecule has 1 aliphatic rings. The molecule has 0 spiro atoms. The first-order valence-electron chi connectivity index (χ1n) is 11.6. The number of rotatable bonds is 7. The van der Waals surface area contributed by atoms with Crippen molar-refractivity contribution >= 4 is 27.5 Å². The van der Waals surface area contributed by atoms with E-state index in [1.807, 2.05) is 23.6 Å². The van der Waals surface area contributed by atoms with E-state index in [4.69, 9.17) is 4.98 Å². The van der Waals surface area contributed by atoms with E-state index in [1.165, 1.54) is 16.9 Å². The number of aromatic nitrogens is 2. The molecule has 0 saturated heterocycles. The highest BCUT2D eigenvalue weighted by Crippen LogP contribution is 2.28. The van der Waals surface area contributed by atoms with E-state index in [0.29, 0.717) is 21.6 Å². The number of carbonyl (C=O) groups is 1. The fourth-order valence-corrected chi connectivity index (χ4v) is 5.56. The van der Waals surface area contributed by atoms with Crippen LogP contribution >= 0.6 is 11.3 Å². The monoisotopic (exact) mass is 452 g/mol. The zero-order valence-corrected chi connectivity index (χ0v) is 20.1. The summed E-state index contributed by atoms with van der Waals surface area (Å²) in [5.41, 5.74) is 3.10. The topological polar surface area (TPSA) is 67.2 Å². The average molecular weight is 453 g/mol. The molecule has 1 aromatic carbocycles. The summed E-state index contributed by atoms with van der Waals surface area (Å²) in [7, 11) is 0. The van der Waals surface area contributed by atoms with Gasteiger partial charge >= 0.3 is 0 Å². The molecule has 7 heteroatoms. The van der Waals surface area contributed by atoms with Crippen molar-refractivity contribution in [1.29, 1.82) is 0 Å². The molecule has 6 nitrogen and oxygen atoms in total. The zero-order valence-electron chi connectivity index (χ0n) is 19.2. The molecule has 32 heavy (non-hydrogen) atoms. The predicted molar refractivity (Wildman–Crippen MR) is 130 cm³/mol. The van der Waals surface area contributed by atoms with E-state index < -0.39 is 0 Å². The number of hydrogen-bond donors (Lipinski definition) is 1. The van der Waals surface area contributed by atoms with E-state index in [2.05, 4.69) is 36.2 Å². The Morgan fingerprint density at radius 1 is 1.16 bits per heavy atom. The van der Waals surface area contributed by atoms with Crippen LogP contribution in [0.25, 0.3) is 10.2 Å². The minimum Gasteiger partial charge on any atom is -0.347 e. The summed E-state index contributed by atoms with van der Waals surface area (Å²) >= 11 is 1.34. The van der Waals surface area contributed by atoms with Gasteiger partial charge in [-0.2, -0.15) is 0 Å². The lowest BCUT2D eigenvalue weighted by Gasteiger charge is -2.20. The van der Waals surface area contributed by atoms with Gasteiger partial charge in [0.15, 0.2) is 0 Å². The lowest BCUT2D eigenvalue weighted by molar-refractivity contribution is 0.0954. The second kappa shape index (κ2) is 9.96. The first-order valence-corrected chi connectivity index (χ1v) is 12.4. The minimum atomic E-state index is -0.136. The number of nitrogens with zero attached hydrogens (tertiary/aromatic N) is 3. The summed E-state index contributed by atoms with van der Waals surface area (Å²) in [6, 6.07) is 8.25. The molecule has 3 aromatic rings. The molecule has 1 aliphatic heterocycles. The van der Waals surface area contributed by atoms with E-state index >= 15 is 0 Å². The van der Waals surface area contributed by atoms with Crippen molar-refractivity contribution in [3.8, 4) is 0 Å². The molecule has 4 rings (SSSR count). The standard InChI is InChI=1S/C25H32N4O2S/c1-4-28(5-2)16-19-12-9-8-11-18(19)15-26-23(30)22-17(3)21-24(32-22)27-20-13-7-6-10-14-29(20)25(21)31/h8-9,11-12H,4-7,10,13-16H2,1-3H3,(H,26,30). The quantitative estimate of drug-likeness (QED) is 0.582. The van der Waals surface area contributed by atoms with Gasteiger partial charge < -0.3 is 5.32 Å². The molecule has 170 valence electrons. The van der Waals surface area contributed by atoms with Gasteiger partial charge in [0.05, 0.1) is 10.3 Å². The summed E-state index contributed by atoms with van der Waals surface area (Å²) in [4.78, 5) is 34.7. The SMILES string of the molecule is CCN(CC)Cc1ccccc1CNC(=O)c1sc2nc3n(c(=O)c2c1C)CCCCC3. The fourth-order valence-electron chi connectivity index (χ4n) is 4.45. The molecule has 0 saturated carbocycles. The van der Waals surface area contributed by atoms with Gasteiger partial charge in [-0.15, -0.1) is 11.3 Å². The third-order valence-electron chi connectivity index (χ3n) is 6.46. The third kappa shape index (κ3) is 4.50. The first-order chi connectivity index (χ1) is 15.5. The summed E-state index contributed by atoms with van der Waals surface area (Å²) < 4.78 is 1.82. The molecule has 0 radical (unpaired) electrons. The molecule has 2 aromatic heterocycles. The number of amides is 1. The van der Waals surface area contributed by atoms with E-state index in [0.717, 1.165) is 68.8 Å². The third-order valence-corrected chi connectivity index (χ3v) is 7.65. The highest BCUT2D eigenvalue weighted by Gasteiger charge is 2.22. The number of benzene rings is 1. The molecule has 0 unspecified atom stereocenters. The van der Waals surface area contributed by atoms with Crippen molar-refractivity contribution < 1.29 is 4.79 Å². The smallest absolute Gasteiger partial charge is 0.262 e. The Morgan fingerprint density at radius 2 is 1.91 bits per heavy atom. The molecule has 3 heterocycles. The normalized spacial score (nSPS) is 13.9. The Balaban J connectivity index is 1.57. The van der Waals surface area contributed by atoms with Gasteiger partial charge in [-0.25, -0.2) is 4.98 Å². The van der Waals surface area contributed by atoms with Gasteiger partial charge in [0.1, 0.15) is 10.7 Å². The number of hydrogen-bond acceptors (Lipinski definition) is 5. The second-order valence-electron chi connectivity index (χ2n) is 8.44. The van der Waals surface area contributed by atoms with Crippen molar-refractivity contribution in [3.63, 3.8) is 0 Å². The van der Waals surface area contributed by atoms with Crippen LogP contribution in [0.5, 0.6) is 0 Å². The lowest BCUT2D eigenvalue weighted by Crippen LogP contribution is -2.26. The van der Waals surface area contributed by atoms with Crippen molar-refractivity contribution in [2.45, 2.75) is 66.1 Å². The molecule has 1 N–H and O–H groups in total. The largest absolute Gasteiger partial charge is 0.347 e. The number of thiophene rings is 1. The molecular weight excluding hydrogens is 420 g/mol. The molecule has 1 amide bonds. The van der Waals surface area contributed by atoms with Crippen LogP contribution < -0.4 is 10.9 Å². The van der Waals surface area contributed by atoms with Gasteiger partial charge in [-0.1, -0.05) is 44.5 Å². The van der Waals surface area contributed by atoms with Crippen LogP contribution in [0.3, 0.4) is 0 Å². The van der Waals surface area contributed by atoms with Crippen LogP contribution in [0.1, 0.15) is 65.3 Å². The van der Waals surface area contributed by atoms with Gasteiger partial charge in [0.25, 0.3) is 11.5 Å². The van der Waals surface area contributed by atoms with Crippen molar-refractivity contribution in [3.05, 3.63) is 62.0 Å². The first kappa shape index (κ1) is 22.7. The molecule has 0 bridgehead atoms. The Morgan fingerprint density at radius 3 is 2.66 bits per heavy atom. The summed E-state index contributed by atoms with van der Waals surface area (Å²) in [6.45, 7) is 10.2. The van der Waals surface area contributed by atoms with Crippen LogP contribution in [0.2, 0.25) is 0 Å². The lowest BCUT2D eigenvalue weighted by atomic mass is 10.1. The maximum Gasteiger partial charge on any atom is 0.262 e. The number of aryl methyl sites for hydroxylation is 2. The molecule has 0 atom stereocenters. The number of carbonyl (C=O) groups excluding carboxylic acids is 1. The van der Waals surface area contributed by atoms with Crippen molar-refractivity contribution in [2.75, 3.05) is 13.1 Å². The zero-order chi connectivity index (χ0) is 22.7. The minimum absolute atomic E-state index is 0.00395. The number of fused-ring (bicyclic) bond motifs is 2. The molecule has 0 aliphatic carbocycles. The Hall–Kier alpha value is -2.51.